The van der Waals surface area contributed by atoms with E-state index in [1.165, 1.54) is 11.0 Å². The molecule has 1 aromatic carbocycles. The Morgan fingerprint density at radius 2 is 2.17 bits per heavy atom. The first-order chi connectivity index (χ1) is 8.41. The molecule has 1 amide bonds. The fourth-order valence-electron chi connectivity index (χ4n) is 1.32. The Morgan fingerprint density at radius 1 is 1.50 bits per heavy atom. The third kappa shape index (κ3) is 4.08. The van der Waals surface area contributed by atoms with E-state index in [9.17, 15) is 14.9 Å². The first-order valence-electron chi connectivity index (χ1n) is 5.25. The standard InChI is InChI=1S/C11H14BrN3O3/c1-14(2)11(16)7-13-6-8-3-4-9(12)5-10(8)15(17)18/h3-5,13H,6-7H2,1-2H3. The maximum atomic E-state index is 11.3. The number of likely N-dealkylation sites (N-methyl/N-ethyl adjacent to an activating group) is 1. The van der Waals surface area contributed by atoms with Crippen LogP contribution in [0.1, 0.15) is 5.56 Å². The fraction of sp³-hybridized carbons (Fsp3) is 0.364. The van der Waals surface area contributed by atoms with Crippen molar-refractivity contribution < 1.29 is 9.72 Å². The summed E-state index contributed by atoms with van der Waals surface area (Å²) in [4.78, 5) is 23.2. The van der Waals surface area contributed by atoms with Crippen molar-refractivity contribution in [2.24, 2.45) is 0 Å². The second kappa shape index (κ2) is 6.46. The second-order valence-corrected chi connectivity index (χ2v) is 4.84. The molecule has 0 fully saturated rings. The number of hydrogen-bond acceptors (Lipinski definition) is 4. The number of nitro groups is 1. The number of carbonyl (C=O) groups is 1. The van der Waals surface area contributed by atoms with Gasteiger partial charge in [0.25, 0.3) is 5.69 Å². The Hall–Kier alpha value is -1.47. The van der Waals surface area contributed by atoms with Crippen LogP contribution in [-0.2, 0) is 11.3 Å². The molecule has 18 heavy (non-hydrogen) atoms. The number of amides is 1. The van der Waals surface area contributed by atoms with E-state index in [0.717, 1.165) is 0 Å². The van der Waals surface area contributed by atoms with E-state index >= 15 is 0 Å². The minimum Gasteiger partial charge on any atom is -0.348 e. The highest BCUT2D eigenvalue weighted by atomic mass is 79.9. The van der Waals surface area contributed by atoms with Crippen LogP contribution in [0.25, 0.3) is 0 Å². The maximum absolute atomic E-state index is 11.3. The summed E-state index contributed by atoms with van der Waals surface area (Å²) in [5.74, 6) is -0.0743. The fourth-order valence-corrected chi connectivity index (χ4v) is 1.67. The quantitative estimate of drug-likeness (QED) is 0.660. The highest BCUT2D eigenvalue weighted by Gasteiger charge is 2.14. The molecular weight excluding hydrogens is 302 g/mol. The first-order valence-corrected chi connectivity index (χ1v) is 6.05. The molecule has 0 saturated heterocycles. The van der Waals surface area contributed by atoms with E-state index < -0.39 is 4.92 Å². The van der Waals surface area contributed by atoms with E-state index in [1.54, 1.807) is 26.2 Å². The van der Waals surface area contributed by atoms with Gasteiger partial charge in [-0.25, -0.2) is 0 Å². The summed E-state index contributed by atoms with van der Waals surface area (Å²) in [6, 6.07) is 4.85. The Morgan fingerprint density at radius 3 is 2.72 bits per heavy atom. The summed E-state index contributed by atoms with van der Waals surface area (Å²) in [7, 11) is 3.32. The van der Waals surface area contributed by atoms with Crippen LogP contribution >= 0.6 is 15.9 Å². The third-order valence-corrected chi connectivity index (χ3v) is 2.83. The van der Waals surface area contributed by atoms with Gasteiger partial charge in [-0.15, -0.1) is 0 Å². The Balaban J connectivity index is 2.68. The van der Waals surface area contributed by atoms with E-state index in [4.69, 9.17) is 0 Å². The lowest BCUT2D eigenvalue weighted by Crippen LogP contribution is -2.32. The van der Waals surface area contributed by atoms with Gasteiger partial charge >= 0.3 is 0 Å². The van der Waals surface area contributed by atoms with Crippen LogP contribution in [0.3, 0.4) is 0 Å². The first kappa shape index (κ1) is 14.6. The Labute approximate surface area is 113 Å². The molecular formula is C11H14BrN3O3. The van der Waals surface area contributed by atoms with Crippen molar-refractivity contribution in [1.29, 1.82) is 0 Å². The topological polar surface area (TPSA) is 75.5 Å². The predicted molar refractivity (Wildman–Crippen MR) is 71.2 cm³/mol. The minimum atomic E-state index is -0.435. The highest BCUT2D eigenvalue weighted by molar-refractivity contribution is 9.10. The van der Waals surface area contributed by atoms with E-state index in [0.29, 0.717) is 10.0 Å². The van der Waals surface area contributed by atoms with Crippen molar-refractivity contribution in [3.05, 3.63) is 38.3 Å². The maximum Gasteiger partial charge on any atom is 0.275 e. The summed E-state index contributed by atoms with van der Waals surface area (Å²) >= 11 is 3.19. The van der Waals surface area contributed by atoms with E-state index in [2.05, 4.69) is 21.2 Å². The van der Waals surface area contributed by atoms with Crippen molar-refractivity contribution in [3.63, 3.8) is 0 Å². The monoisotopic (exact) mass is 315 g/mol. The van der Waals surface area contributed by atoms with Crippen LogP contribution in [-0.4, -0.2) is 36.4 Å². The zero-order valence-electron chi connectivity index (χ0n) is 10.1. The molecule has 0 aliphatic rings. The zero-order chi connectivity index (χ0) is 13.7. The van der Waals surface area contributed by atoms with E-state index in [-0.39, 0.29) is 24.7 Å². The molecule has 0 bridgehead atoms. The third-order valence-electron chi connectivity index (χ3n) is 2.33. The molecule has 0 heterocycles. The highest BCUT2D eigenvalue weighted by Crippen LogP contribution is 2.23. The average Bonchev–Trinajstić information content (AvgIpc) is 2.30. The molecule has 1 aromatic rings. The van der Waals surface area contributed by atoms with Gasteiger partial charge < -0.3 is 10.2 Å². The Bertz CT molecular complexity index is 463. The van der Waals surface area contributed by atoms with Gasteiger partial charge in [0.1, 0.15) is 0 Å². The summed E-state index contributed by atoms with van der Waals surface area (Å²) in [6.07, 6.45) is 0. The van der Waals surface area contributed by atoms with Gasteiger partial charge in [-0.3, -0.25) is 14.9 Å². The SMILES string of the molecule is CN(C)C(=O)CNCc1ccc(Br)cc1[N+](=O)[O-]. The van der Waals surface area contributed by atoms with Gasteiger partial charge in [-0.1, -0.05) is 15.9 Å². The van der Waals surface area contributed by atoms with Crippen molar-refractivity contribution in [2.75, 3.05) is 20.6 Å². The molecule has 6 nitrogen and oxygen atoms in total. The summed E-state index contributed by atoms with van der Waals surface area (Å²) < 4.78 is 0.655. The number of benzene rings is 1. The molecule has 1 N–H and O–H groups in total. The number of nitro benzene ring substituents is 1. The number of nitrogens with one attached hydrogen (secondary N) is 1. The molecule has 0 spiro atoms. The van der Waals surface area contributed by atoms with Crippen LogP contribution in [0.5, 0.6) is 0 Å². The second-order valence-electron chi connectivity index (χ2n) is 3.92. The largest absolute Gasteiger partial charge is 0.348 e. The number of carbonyl (C=O) groups excluding carboxylic acids is 1. The van der Waals surface area contributed by atoms with Gasteiger partial charge in [0, 0.05) is 36.7 Å². The number of nitrogens with zero attached hydrogens (tertiary/aromatic N) is 2. The molecule has 0 saturated carbocycles. The van der Waals surface area contributed by atoms with E-state index in [1.807, 2.05) is 0 Å². The molecule has 98 valence electrons. The average molecular weight is 316 g/mol. The van der Waals surface area contributed by atoms with Crippen LogP contribution in [0.15, 0.2) is 22.7 Å². The van der Waals surface area contributed by atoms with Gasteiger partial charge in [-0.05, 0) is 12.1 Å². The lowest BCUT2D eigenvalue weighted by Gasteiger charge is -2.11. The van der Waals surface area contributed by atoms with Gasteiger partial charge in [0.15, 0.2) is 0 Å². The Kier molecular flexibility index (Phi) is 5.24. The number of hydrogen-bond donors (Lipinski definition) is 1. The molecule has 0 aromatic heterocycles. The zero-order valence-corrected chi connectivity index (χ0v) is 11.7. The smallest absolute Gasteiger partial charge is 0.275 e. The van der Waals surface area contributed by atoms with Crippen molar-refractivity contribution in [2.45, 2.75) is 6.54 Å². The molecule has 0 unspecified atom stereocenters. The van der Waals surface area contributed by atoms with Crippen LogP contribution in [0.4, 0.5) is 5.69 Å². The van der Waals surface area contributed by atoms with Crippen molar-refractivity contribution >= 4 is 27.5 Å². The van der Waals surface area contributed by atoms with Crippen LogP contribution < -0.4 is 5.32 Å². The number of halogens is 1. The van der Waals surface area contributed by atoms with Gasteiger partial charge in [0.2, 0.25) is 5.91 Å². The van der Waals surface area contributed by atoms with Gasteiger partial charge in [0.05, 0.1) is 11.5 Å². The molecule has 0 atom stereocenters. The van der Waals surface area contributed by atoms with Crippen molar-refractivity contribution in [1.82, 2.24) is 10.2 Å². The summed E-state index contributed by atoms with van der Waals surface area (Å²) in [6.45, 7) is 0.434. The molecule has 7 heteroatoms. The lowest BCUT2D eigenvalue weighted by atomic mass is 10.2. The summed E-state index contributed by atoms with van der Waals surface area (Å²) in [5, 5.41) is 13.7. The van der Waals surface area contributed by atoms with Gasteiger partial charge in [-0.2, -0.15) is 0 Å². The molecule has 0 radical (unpaired) electrons. The van der Waals surface area contributed by atoms with Crippen LogP contribution in [0, 0.1) is 10.1 Å². The molecule has 0 aliphatic heterocycles. The molecule has 1 rings (SSSR count). The normalized spacial score (nSPS) is 10.2. The van der Waals surface area contributed by atoms with Crippen LogP contribution in [0.2, 0.25) is 0 Å². The lowest BCUT2D eigenvalue weighted by molar-refractivity contribution is -0.385. The number of rotatable bonds is 5. The minimum absolute atomic E-state index is 0.0363. The predicted octanol–water partition coefficient (Wildman–Crippen LogP) is 1.54. The summed E-state index contributed by atoms with van der Waals surface area (Å²) in [5.41, 5.74) is 0.587. The van der Waals surface area contributed by atoms with Crippen molar-refractivity contribution in [3.8, 4) is 0 Å². The molecule has 0 aliphatic carbocycles.